The summed E-state index contributed by atoms with van der Waals surface area (Å²) in [7, 11) is 1.45. The Morgan fingerprint density at radius 3 is 2.60 bits per heavy atom. The molecule has 9 heteroatoms. The molecular formula is C26H25ClN4O4. The van der Waals surface area contributed by atoms with E-state index in [2.05, 4.69) is 22.4 Å². The van der Waals surface area contributed by atoms with Crippen molar-refractivity contribution in [3.8, 4) is 11.5 Å². The van der Waals surface area contributed by atoms with Gasteiger partial charge in [-0.15, -0.1) is 0 Å². The smallest absolute Gasteiger partial charge is 0.258 e. The van der Waals surface area contributed by atoms with E-state index >= 15 is 0 Å². The molecule has 0 atom stereocenters. The normalized spacial score (nSPS) is 10.8. The highest BCUT2D eigenvalue weighted by molar-refractivity contribution is 6.31. The lowest BCUT2D eigenvalue weighted by Crippen LogP contribution is -2.20. The van der Waals surface area contributed by atoms with Gasteiger partial charge in [0.05, 0.1) is 18.1 Å². The van der Waals surface area contributed by atoms with Crippen molar-refractivity contribution in [1.82, 2.24) is 9.55 Å². The van der Waals surface area contributed by atoms with Crippen LogP contribution >= 0.6 is 11.6 Å². The number of aromatic nitrogens is 2. The number of nitrogens with one attached hydrogen (secondary N) is 1. The van der Waals surface area contributed by atoms with Gasteiger partial charge in [-0.05, 0) is 54.8 Å². The monoisotopic (exact) mass is 492 g/mol. The lowest BCUT2D eigenvalue weighted by molar-refractivity contribution is -0.119. The molecule has 0 aliphatic carbocycles. The molecule has 4 rings (SSSR count). The Balaban J connectivity index is 1.56. The summed E-state index contributed by atoms with van der Waals surface area (Å²) in [6.07, 6.45) is 1.76. The summed E-state index contributed by atoms with van der Waals surface area (Å²) < 4.78 is 12.6. The third kappa shape index (κ3) is 5.91. The first kappa shape index (κ1) is 24.1. The van der Waals surface area contributed by atoms with Crippen LogP contribution in [-0.4, -0.2) is 35.1 Å². The molecule has 0 saturated carbocycles. The number of nitrogens with zero attached hydrogens (tertiary/aromatic N) is 2. The van der Waals surface area contributed by atoms with Gasteiger partial charge < -0.3 is 19.8 Å². The summed E-state index contributed by atoms with van der Waals surface area (Å²) in [5.41, 5.74) is 8.30. The molecule has 1 aromatic heterocycles. The van der Waals surface area contributed by atoms with Crippen LogP contribution in [0.1, 0.15) is 22.3 Å². The number of carbonyl (C=O) groups is 2. The number of nitrogens with two attached hydrogens (primary N) is 1. The van der Waals surface area contributed by atoms with Crippen molar-refractivity contribution in [3.05, 3.63) is 82.9 Å². The Morgan fingerprint density at radius 2 is 1.86 bits per heavy atom. The molecule has 0 bridgehead atoms. The van der Waals surface area contributed by atoms with Crippen LogP contribution < -0.4 is 20.5 Å². The van der Waals surface area contributed by atoms with E-state index in [0.717, 1.165) is 18.4 Å². The number of amides is 2. The van der Waals surface area contributed by atoms with Gasteiger partial charge in [0.15, 0.2) is 18.1 Å². The third-order valence-electron chi connectivity index (χ3n) is 5.42. The first-order valence-electron chi connectivity index (χ1n) is 11.0. The molecule has 1 heterocycles. The van der Waals surface area contributed by atoms with Crippen molar-refractivity contribution < 1.29 is 19.1 Å². The van der Waals surface area contributed by atoms with Gasteiger partial charge in [-0.25, -0.2) is 4.98 Å². The van der Waals surface area contributed by atoms with Crippen LogP contribution in [0.2, 0.25) is 5.02 Å². The topological polar surface area (TPSA) is 108 Å². The number of aryl methyl sites for hydroxylation is 2. The van der Waals surface area contributed by atoms with Gasteiger partial charge in [-0.3, -0.25) is 14.9 Å². The third-order valence-corrected chi connectivity index (χ3v) is 5.66. The second kappa shape index (κ2) is 10.9. The Kier molecular flexibility index (Phi) is 7.52. The zero-order valence-corrected chi connectivity index (χ0v) is 19.9. The number of benzene rings is 3. The average molecular weight is 493 g/mol. The Morgan fingerprint density at radius 1 is 1.06 bits per heavy atom. The van der Waals surface area contributed by atoms with E-state index in [9.17, 15) is 9.59 Å². The largest absolute Gasteiger partial charge is 0.493 e. The van der Waals surface area contributed by atoms with Crippen molar-refractivity contribution in [1.29, 1.82) is 0 Å². The summed E-state index contributed by atoms with van der Waals surface area (Å²) in [5.74, 6) is 0.0663. The fraction of sp³-hybridized carbons (Fsp3) is 0.192. The zero-order valence-electron chi connectivity index (χ0n) is 19.2. The standard InChI is InChI=1S/C26H25ClN4O4/c1-34-23-14-18(9-12-22(23)35-16-24(28)32)25(33)30-26-29-20-15-19(27)10-11-21(20)31(26)13-5-8-17-6-3-2-4-7-17/h2-4,6-7,9-12,14-15H,5,8,13,16H2,1H3,(H2,28,32)(H,29,30,33). The highest BCUT2D eigenvalue weighted by Gasteiger charge is 2.17. The zero-order chi connectivity index (χ0) is 24.8. The predicted octanol–water partition coefficient (Wildman–Crippen LogP) is 4.45. The van der Waals surface area contributed by atoms with Crippen LogP contribution in [0, 0.1) is 0 Å². The first-order valence-corrected chi connectivity index (χ1v) is 11.4. The van der Waals surface area contributed by atoms with E-state index in [4.69, 9.17) is 26.8 Å². The molecule has 0 fully saturated rings. The van der Waals surface area contributed by atoms with Gasteiger partial charge in [0.1, 0.15) is 0 Å². The van der Waals surface area contributed by atoms with E-state index in [1.54, 1.807) is 24.3 Å². The van der Waals surface area contributed by atoms with Gasteiger partial charge in [-0.1, -0.05) is 41.9 Å². The minimum Gasteiger partial charge on any atom is -0.493 e. The average Bonchev–Trinajstić information content (AvgIpc) is 3.18. The van der Waals surface area contributed by atoms with E-state index in [0.29, 0.717) is 40.1 Å². The number of primary amides is 1. The molecule has 35 heavy (non-hydrogen) atoms. The number of fused-ring (bicyclic) bond motifs is 1. The molecule has 0 radical (unpaired) electrons. The van der Waals surface area contributed by atoms with Crippen molar-refractivity contribution in [3.63, 3.8) is 0 Å². The molecule has 3 N–H and O–H groups in total. The summed E-state index contributed by atoms with van der Waals surface area (Å²) in [6.45, 7) is 0.364. The van der Waals surface area contributed by atoms with Crippen molar-refractivity contribution >= 4 is 40.4 Å². The minimum absolute atomic E-state index is 0.294. The quantitative estimate of drug-likeness (QED) is 0.340. The van der Waals surface area contributed by atoms with Gasteiger partial charge in [-0.2, -0.15) is 0 Å². The van der Waals surface area contributed by atoms with Gasteiger partial charge >= 0.3 is 0 Å². The fourth-order valence-electron chi connectivity index (χ4n) is 3.76. The van der Waals surface area contributed by atoms with Gasteiger partial charge in [0, 0.05) is 17.1 Å². The SMILES string of the molecule is COc1cc(C(=O)Nc2nc3cc(Cl)ccc3n2CCCc2ccccc2)ccc1OCC(N)=O. The van der Waals surface area contributed by atoms with E-state index in [1.807, 2.05) is 28.8 Å². The summed E-state index contributed by atoms with van der Waals surface area (Å²) in [6, 6.07) is 20.4. The lowest BCUT2D eigenvalue weighted by Gasteiger charge is -2.12. The molecule has 8 nitrogen and oxygen atoms in total. The van der Waals surface area contributed by atoms with Crippen molar-refractivity contribution in [2.24, 2.45) is 5.73 Å². The number of anilines is 1. The number of rotatable bonds is 10. The molecular weight excluding hydrogens is 468 g/mol. The number of methoxy groups -OCH3 is 1. The minimum atomic E-state index is -0.611. The van der Waals surface area contributed by atoms with Crippen LogP contribution in [0.5, 0.6) is 11.5 Å². The maximum atomic E-state index is 13.1. The van der Waals surface area contributed by atoms with E-state index in [1.165, 1.54) is 18.7 Å². The van der Waals surface area contributed by atoms with Crippen LogP contribution in [0.15, 0.2) is 66.7 Å². The van der Waals surface area contributed by atoms with Crippen LogP contribution in [0.4, 0.5) is 5.95 Å². The summed E-state index contributed by atoms with van der Waals surface area (Å²) in [4.78, 5) is 28.7. The molecule has 0 aliphatic rings. The van der Waals surface area contributed by atoms with Gasteiger partial charge in [0.25, 0.3) is 11.8 Å². The number of imidazole rings is 1. The number of halogens is 1. The second-order valence-electron chi connectivity index (χ2n) is 7.88. The van der Waals surface area contributed by atoms with Crippen molar-refractivity contribution in [2.45, 2.75) is 19.4 Å². The molecule has 180 valence electrons. The van der Waals surface area contributed by atoms with Crippen LogP contribution in [0.3, 0.4) is 0 Å². The molecule has 3 aromatic carbocycles. The Hall–Kier alpha value is -4.04. The maximum Gasteiger partial charge on any atom is 0.258 e. The lowest BCUT2D eigenvalue weighted by atomic mass is 10.1. The van der Waals surface area contributed by atoms with E-state index < -0.39 is 5.91 Å². The Labute approximate surface area is 207 Å². The van der Waals surface area contributed by atoms with Crippen LogP contribution in [-0.2, 0) is 17.8 Å². The summed E-state index contributed by atoms with van der Waals surface area (Å²) in [5, 5.41) is 3.47. The molecule has 0 unspecified atom stereocenters. The Bertz CT molecular complexity index is 1350. The number of ether oxygens (including phenoxy) is 2. The van der Waals surface area contributed by atoms with E-state index in [-0.39, 0.29) is 12.5 Å². The summed E-state index contributed by atoms with van der Waals surface area (Å²) >= 11 is 6.17. The number of hydrogen-bond acceptors (Lipinski definition) is 5. The first-order chi connectivity index (χ1) is 16.9. The fourth-order valence-corrected chi connectivity index (χ4v) is 3.93. The number of carbonyl (C=O) groups excluding carboxylic acids is 2. The molecule has 4 aromatic rings. The molecule has 0 spiro atoms. The molecule has 2 amide bonds. The number of hydrogen-bond donors (Lipinski definition) is 2. The second-order valence-corrected chi connectivity index (χ2v) is 8.32. The van der Waals surface area contributed by atoms with Gasteiger partial charge in [0.2, 0.25) is 5.95 Å². The van der Waals surface area contributed by atoms with Crippen molar-refractivity contribution in [2.75, 3.05) is 19.0 Å². The maximum absolute atomic E-state index is 13.1. The highest BCUT2D eigenvalue weighted by atomic mass is 35.5. The highest BCUT2D eigenvalue weighted by Crippen LogP contribution is 2.29. The molecule has 0 aliphatic heterocycles. The predicted molar refractivity (Wildman–Crippen MR) is 135 cm³/mol. The van der Waals surface area contributed by atoms with Crippen LogP contribution in [0.25, 0.3) is 11.0 Å². The molecule has 0 saturated heterocycles.